The van der Waals surface area contributed by atoms with Crippen LogP contribution in [0.15, 0.2) is 83.8 Å². The maximum Gasteiger partial charge on any atom is 0.0914 e. The second kappa shape index (κ2) is 10.7. The second-order valence-electron chi connectivity index (χ2n) is 7.00. The quantitative estimate of drug-likeness (QED) is 0.431. The molecule has 0 saturated carbocycles. The molecule has 0 aliphatic heterocycles. The molecule has 4 heteroatoms. The van der Waals surface area contributed by atoms with Crippen molar-refractivity contribution in [2.75, 3.05) is 6.54 Å². The summed E-state index contributed by atoms with van der Waals surface area (Å²) in [6, 6.07) is 27.0. The number of nitrogens with one attached hydrogen (secondary N) is 1. The molecule has 0 aliphatic carbocycles. The molecule has 28 heavy (non-hydrogen) atoms. The van der Waals surface area contributed by atoms with Crippen molar-refractivity contribution >= 4 is 23.4 Å². The first kappa shape index (κ1) is 20.9. The maximum absolute atomic E-state index is 10.3. The number of thioether (sulfide) groups is 1. The molecule has 146 valence electrons. The van der Waals surface area contributed by atoms with Gasteiger partial charge in [0, 0.05) is 28.3 Å². The van der Waals surface area contributed by atoms with E-state index in [-0.39, 0.29) is 6.04 Å². The van der Waals surface area contributed by atoms with Gasteiger partial charge >= 0.3 is 0 Å². The molecule has 0 aromatic heterocycles. The summed E-state index contributed by atoms with van der Waals surface area (Å²) in [5.74, 6) is 0.986. The van der Waals surface area contributed by atoms with Crippen molar-refractivity contribution in [2.45, 2.75) is 36.1 Å². The van der Waals surface area contributed by atoms with Gasteiger partial charge in [-0.25, -0.2) is 0 Å². The van der Waals surface area contributed by atoms with Crippen LogP contribution in [0, 0.1) is 0 Å². The SMILES string of the molecule is CC(Cc1ccc(SCc2ccccc2)cc1)NC[C@H](O)c1cccc(Cl)c1. The van der Waals surface area contributed by atoms with Gasteiger partial charge in [-0.1, -0.05) is 66.2 Å². The highest BCUT2D eigenvalue weighted by Gasteiger charge is 2.10. The summed E-state index contributed by atoms with van der Waals surface area (Å²) < 4.78 is 0. The predicted octanol–water partition coefficient (Wildman–Crippen LogP) is 5.89. The van der Waals surface area contributed by atoms with Crippen LogP contribution in [0.5, 0.6) is 0 Å². The van der Waals surface area contributed by atoms with Gasteiger partial charge in [0.2, 0.25) is 0 Å². The Hall–Kier alpha value is -1.78. The molecule has 2 N–H and O–H groups in total. The van der Waals surface area contributed by atoms with Crippen molar-refractivity contribution in [1.29, 1.82) is 0 Å². The van der Waals surface area contributed by atoms with Crippen molar-refractivity contribution in [2.24, 2.45) is 0 Å². The van der Waals surface area contributed by atoms with Crippen LogP contribution in [0.3, 0.4) is 0 Å². The van der Waals surface area contributed by atoms with Crippen LogP contribution in [0.2, 0.25) is 5.02 Å². The van der Waals surface area contributed by atoms with E-state index in [4.69, 9.17) is 11.6 Å². The van der Waals surface area contributed by atoms with Gasteiger partial charge in [-0.15, -0.1) is 11.8 Å². The lowest BCUT2D eigenvalue weighted by Crippen LogP contribution is -2.32. The van der Waals surface area contributed by atoms with Crippen LogP contribution in [0.4, 0.5) is 0 Å². The average Bonchev–Trinajstić information content (AvgIpc) is 2.72. The van der Waals surface area contributed by atoms with Gasteiger partial charge in [-0.2, -0.15) is 0 Å². The Labute approximate surface area is 177 Å². The molecule has 0 bridgehead atoms. The molecule has 0 heterocycles. The lowest BCUT2D eigenvalue weighted by atomic mass is 10.1. The molecule has 0 aliphatic rings. The molecule has 0 spiro atoms. The molecular weight excluding hydrogens is 386 g/mol. The fourth-order valence-corrected chi connectivity index (χ4v) is 4.09. The molecule has 0 saturated heterocycles. The first-order valence-corrected chi connectivity index (χ1v) is 10.9. The fraction of sp³-hybridized carbons (Fsp3) is 0.250. The molecule has 1 unspecified atom stereocenters. The molecule has 2 atom stereocenters. The Kier molecular flexibility index (Phi) is 7.99. The van der Waals surface area contributed by atoms with E-state index in [1.165, 1.54) is 16.0 Å². The Balaban J connectivity index is 1.44. The zero-order valence-electron chi connectivity index (χ0n) is 16.0. The number of rotatable bonds is 9. The van der Waals surface area contributed by atoms with Crippen LogP contribution in [-0.2, 0) is 12.2 Å². The summed E-state index contributed by atoms with van der Waals surface area (Å²) in [4.78, 5) is 1.28. The highest BCUT2D eigenvalue weighted by molar-refractivity contribution is 7.98. The summed E-state index contributed by atoms with van der Waals surface area (Å²) in [5, 5.41) is 14.4. The molecule has 2 nitrogen and oxygen atoms in total. The number of hydrogen-bond donors (Lipinski definition) is 2. The van der Waals surface area contributed by atoms with Gasteiger partial charge < -0.3 is 10.4 Å². The van der Waals surface area contributed by atoms with E-state index in [0.717, 1.165) is 17.7 Å². The number of aliphatic hydroxyl groups is 1. The van der Waals surface area contributed by atoms with E-state index in [9.17, 15) is 5.11 Å². The van der Waals surface area contributed by atoms with Gasteiger partial charge in [0.05, 0.1) is 6.10 Å². The van der Waals surface area contributed by atoms with E-state index >= 15 is 0 Å². The van der Waals surface area contributed by atoms with Crippen molar-refractivity contribution in [3.63, 3.8) is 0 Å². The standard InChI is InChI=1S/C24H26ClNOS/c1-18(26-16-24(27)21-8-5-9-22(25)15-21)14-19-10-12-23(13-11-19)28-17-20-6-3-2-4-7-20/h2-13,15,18,24,26-27H,14,16-17H2,1H3/t18?,24-/m0/s1. The zero-order chi connectivity index (χ0) is 19.8. The number of benzene rings is 3. The van der Waals surface area contributed by atoms with Gasteiger partial charge in [-0.3, -0.25) is 0 Å². The third-order valence-corrected chi connectivity index (χ3v) is 5.92. The minimum atomic E-state index is -0.557. The van der Waals surface area contributed by atoms with E-state index in [2.05, 4.69) is 60.8 Å². The van der Waals surface area contributed by atoms with Crippen LogP contribution in [-0.4, -0.2) is 17.7 Å². The Morgan fingerprint density at radius 2 is 1.68 bits per heavy atom. The number of halogens is 1. The minimum absolute atomic E-state index is 0.275. The summed E-state index contributed by atoms with van der Waals surface area (Å²) in [6.45, 7) is 2.65. The maximum atomic E-state index is 10.3. The molecule has 3 aromatic carbocycles. The van der Waals surface area contributed by atoms with Crippen LogP contribution < -0.4 is 5.32 Å². The first-order valence-electron chi connectivity index (χ1n) is 9.53. The summed E-state index contributed by atoms with van der Waals surface area (Å²) >= 11 is 7.85. The third kappa shape index (κ3) is 6.68. The average molecular weight is 412 g/mol. The Bertz CT molecular complexity index is 854. The molecule has 3 rings (SSSR count). The largest absolute Gasteiger partial charge is 0.387 e. The molecule has 3 aromatic rings. The molecule has 0 radical (unpaired) electrons. The van der Waals surface area contributed by atoms with Crippen LogP contribution in [0.25, 0.3) is 0 Å². The third-order valence-electron chi connectivity index (χ3n) is 4.61. The highest BCUT2D eigenvalue weighted by atomic mass is 35.5. The highest BCUT2D eigenvalue weighted by Crippen LogP contribution is 2.23. The van der Waals surface area contributed by atoms with Crippen molar-refractivity contribution in [3.05, 3.63) is 101 Å². The van der Waals surface area contributed by atoms with Gasteiger partial charge in [0.1, 0.15) is 0 Å². The van der Waals surface area contributed by atoms with Gasteiger partial charge in [0.15, 0.2) is 0 Å². The summed E-state index contributed by atoms with van der Waals surface area (Å²) in [5.41, 5.74) is 3.47. The monoisotopic (exact) mass is 411 g/mol. The topological polar surface area (TPSA) is 32.3 Å². The second-order valence-corrected chi connectivity index (χ2v) is 8.49. The van der Waals surface area contributed by atoms with E-state index in [1.807, 2.05) is 42.1 Å². The van der Waals surface area contributed by atoms with Crippen molar-refractivity contribution < 1.29 is 5.11 Å². The Morgan fingerprint density at radius 3 is 2.39 bits per heavy atom. The normalized spacial score (nSPS) is 13.2. The summed E-state index contributed by atoms with van der Waals surface area (Å²) in [7, 11) is 0. The van der Waals surface area contributed by atoms with Crippen LogP contribution >= 0.6 is 23.4 Å². The van der Waals surface area contributed by atoms with E-state index in [0.29, 0.717) is 11.6 Å². The number of aliphatic hydroxyl groups excluding tert-OH is 1. The molecule has 0 fully saturated rings. The van der Waals surface area contributed by atoms with Crippen molar-refractivity contribution in [3.8, 4) is 0 Å². The lowest BCUT2D eigenvalue weighted by molar-refractivity contribution is 0.170. The summed E-state index contributed by atoms with van der Waals surface area (Å²) in [6.07, 6.45) is 0.365. The van der Waals surface area contributed by atoms with Gasteiger partial charge in [-0.05, 0) is 54.3 Å². The Morgan fingerprint density at radius 1 is 0.929 bits per heavy atom. The van der Waals surface area contributed by atoms with Gasteiger partial charge in [0.25, 0.3) is 0 Å². The zero-order valence-corrected chi connectivity index (χ0v) is 17.6. The lowest BCUT2D eigenvalue weighted by Gasteiger charge is -2.18. The fourth-order valence-electron chi connectivity index (χ4n) is 3.03. The predicted molar refractivity (Wildman–Crippen MR) is 120 cm³/mol. The smallest absolute Gasteiger partial charge is 0.0914 e. The number of hydrogen-bond acceptors (Lipinski definition) is 3. The van der Waals surface area contributed by atoms with Crippen molar-refractivity contribution in [1.82, 2.24) is 5.32 Å². The van der Waals surface area contributed by atoms with E-state index in [1.54, 1.807) is 0 Å². The molecule has 0 amide bonds. The van der Waals surface area contributed by atoms with Crippen LogP contribution in [0.1, 0.15) is 29.7 Å². The van der Waals surface area contributed by atoms with E-state index < -0.39 is 6.10 Å². The minimum Gasteiger partial charge on any atom is -0.387 e. The first-order chi connectivity index (χ1) is 13.6. The molecular formula is C24H26ClNOS.